The zero-order valence-electron chi connectivity index (χ0n) is 14.6. The van der Waals surface area contributed by atoms with Crippen molar-refractivity contribution in [3.63, 3.8) is 0 Å². The third-order valence-electron chi connectivity index (χ3n) is 5.05. The molecular formula is C21H21N3O2. The van der Waals surface area contributed by atoms with Crippen molar-refractivity contribution in [1.29, 1.82) is 5.26 Å². The van der Waals surface area contributed by atoms with E-state index in [-0.39, 0.29) is 5.91 Å². The predicted molar refractivity (Wildman–Crippen MR) is 98.6 cm³/mol. The maximum absolute atomic E-state index is 13.1. The summed E-state index contributed by atoms with van der Waals surface area (Å²) in [5.41, 5.74) is 4.43. The molecule has 1 amide bonds. The Kier molecular flexibility index (Phi) is 4.49. The van der Waals surface area contributed by atoms with Gasteiger partial charge in [0.15, 0.2) is 0 Å². The molecule has 5 nitrogen and oxygen atoms in total. The van der Waals surface area contributed by atoms with Crippen LogP contribution in [-0.2, 0) is 19.4 Å². The lowest BCUT2D eigenvalue weighted by Crippen LogP contribution is -2.31. The molecule has 1 aliphatic carbocycles. The van der Waals surface area contributed by atoms with Crippen LogP contribution in [0.25, 0.3) is 10.9 Å². The molecule has 132 valence electrons. The van der Waals surface area contributed by atoms with Gasteiger partial charge < -0.3 is 14.3 Å². The molecule has 1 N–H and O–H groups in total. The van der Waals surface area contributed by atoms with Crippen molar-refractivity contribution in [2.75, 3.05) is 6.54 Å². The summed E-state index contributed by atoms with van der Waals surface area (Å²) in [4.78, 5) is 18.3. The van der Waals surface area contributed by atoms with Crippen LogP contribution >= 0.6 is 0 Å². The second-order valence-corrected chi connectivity index (χ2v) is 6.76. The fourth-order valence-electron chi connectivity index (χ4n) is 3.75. The van der Waals surface area contributed by atoms with E-state index in [2.05, 4.69) is 11.1 Å². The van der Waals surface area contributed by atoms with Crippen molar-refractivity contribution < 1.29 is 9.21 Å². The van der Waals surface area contributed by atoms with Gasteiger partial charge in [-0.3, -0.25) is 4.79 Å². The maximum Gasteiger partial charge on any atom is 0.254 e. The van der Waals surface area contributed by atoms with Crippen molar-refractivity contribution in [1.82, 2.24) is 9.88 Å². The molecule has 0 spiro atoms. The minimum atomic E-state index is -0.0655. The standard InChI is InChI=1S/C21H21N3O2/c22-10-4-11-24(14-16-5-3-12-26-16)21(25)15-8-9-20-18(13-15)17-6-1-2-7-19(17)23-20/h3,5,8-9,12-13,23H,1-2,4,6-7,11,14H2. The van der Waals surface area contributed by atoms with Crippen molar-refractivity contribution in [2.24, 2.45) is 0 Å². The lowest BCUT2D eigenvalue weighted by atomic mass is 9.95. The smallest absolute Gasteiger partial charge is 0.254 e. The lowest BCUT2D eigenvalue weighted by molar-refractivity contribution is 0.0735. The topological polar surface area (TPSA) is 73.0 Å². The number of fused-ring (bicyclic) bond motifs is 3. The van der Waals surface area contributed by atoms with Gasteiger partial charge in [-0.05, 0) is 61.6 Å². The molecule has 0 aliphatic heterocycles. The number of carbonyl (C=O) groups excluding carboxylic acids is 1. The van der Waals surface area contributed by atoms with E-state index in [1.807, 2.05) is 24.3 Å². The number of amides is 1. The van der Waals surface area contributed by atoms with Gasteiger partial charge in [0.25, 0.3) is 5.91 Å². The highest BCUT2D eigenvalue weighted by molar-refractivity contribution is 5.99. The van der Waals surface area contributed by atoms with Gasteiger partial charge in [-0.15, -0.1) is 0 Å². The van der Waals surface area contributed by atoms with Crippen LogP contribution < -0.4 is 0 Å². The largest absolute Gasteiger partial charge is 0.467 e. The molecule has 0 saturated carbocycles. The predicted octanol–water partition coefficient (Wildman–Crippen LogP) is 4.20. The van der Waals surface area contributed by atoms with Gasteiger partial charge in [0.05, 0.1) is 25.3 Å². The van der Waals surface area contributed by atoms with Crippen LogP contribution in [0.3, 0.4) is 0 Å². The first-order valence-corrected chi connectivity index (χ1v) is 9.08. The molecule has 2 heterocycles. The van der Waals surface area contributed by atoms with Crippen LogP contribution in [0.1, 0.15) is 46.6 Å². The number of nitrogens with zero attached hydrogens (tertiary/aromatic N) is 2. The van der Waals surface area contributed by atoms with Gasteiger partial charge in [-0.1, -0.05) is 0 Å². The number of aromatic nitrogens is 1. The summed E-state index contributed by atoms with van der Waals surface area (Å²) in [6.45, 7) is 0.760. The molecule has 1 aromatic carbocycles. The molecule has 5 heteroatoms. The van der Waals surface area contributed by atoms with Crippen LogP contribution in [0.15, 0.2) is 41.0 Å². The van der Waals surface area contributed by atoms with E-state index in [0.29, 0.717) is 25.1 Å². The highest BCUT2D eigenvalue weighted by Crippen LogP contribution is 2.30. The van der Waals surface area contributed by atoms with Crippen molar-refractivity contribution in [2.45, 2.75) is 38.6 Å². The Balaban J connectivity index is 1.65. The zero-order valence-corrected chi connectivity index (χ0v) is 14.6. The van der Waals surface area contributed by atoms with Gasteiger partial charge in [0.1, 0.15) is 5.76 Å². The summed E-state index contributed by atoms with van der Waals surface area (Å²) in [5, 5.41) is 10.1. The number of aromatic amines is 1. The van der Waals surface area contributed by atoms with E-state index >= 15 is 0 Å². The molecule has 0 atom stereocenters. The first kappa shape index (κ1) is 16.5. The molecule has 0 saturated heterocycles. The van der Waals surface area contributed by atoms with Crippen molar-refractivity contribution in [3.05, 3.63) is 59.2 Å². The monoisotopic (exact) mass is 347 g/mol. The Morgan fingerprint density at radius 2 is 2.15 bits per heavy atom. The van der Waals surface area contributed by atoms with Crippen LogP contribution in [0.5, 0.6) is 0 Å². The number of aryl methyl sites for hydroxylation is 2. The van der Waals surface area contributed by atoms with Crippen LogP contribution in [0, 0.1) is 11.3 Å². The van der Waals surface area contributed by atoms with E-state index in [4.69, 9.17) is 9.68 Å². The van der Waals surface area contributed by atoms with E-state index in [0.717, 1.165) is 29.5 Å². The van der Waals surface area contributed by atoms with Gasteiger partial charge in [-0.25, -0.2) is 0 Å². The Morgan fingerprint density at radius 3 is 2.96 bits per heavy atom. The Hall–Kier alpha value is -3.00. The van der Waals surface area contributed by atoms with E-state index in [1.165, 1.54) is 24.1 Å². The highest BCUT2D eigenvalue weighted by atomic mass is 16.3. The summed E-state index contributed by atoms with van der Waals surface area (Å²) >= 11 is 0. The first-order valence-electron chi connectivity index (χ1n) is 9.08. The molecular weight excluding hydrogens is 326 g/mol. The highest BCUT2D eigenvalue weighted by Gasteiger charge is 2.20. The molecule has 2 aromatic heterocycles. The number of H-pyrrole nitrogens is 1. The normalized spacial score (nSPS) is 13.3. The number of nitrogens with one attached hydrogen (secondary N) is 1. The van der Waals surface area contributed by atoms with E-state index in [9.17, 15) is 4.79 Å². The third-order valence-corrected chi connectivity index (χ3v) is 5.05. The SMILES string of the molecule is N#CCCN(Cc1ccco1)C(=O)c1ccc2[nH]c3c(c2c1)CCCC3. The minimum absolute atomic E-state index is 0.0655. The summed E-state index contributed by atoms with van der Waals surface area (Å²) in [7, 11) is 0. The van der Waals surface area contributed by atoms with Crippen LogP contribution in [-0.4, -0.2) is 22.3 Å². The number of hydrogen-bond donors (Lipinski definition) is 1. The third kappa shape index (κ3) is 3.11. The quantitative estimate of drug-likeness (QED) is 0.752. The molecule has 4 rings (SSSR count). The fourth-order valence-corrected chi connectivity index (χ4v) is 3.75. The minimum Gasteiger partial charge on any atom is -0.467 e. The lowest BCUT2D eigenvalue weighted by Gasteiger charge is -2.20. The van der Waals surface area contributed by atoms with Crippen LogP contribution in [0.4, 0.5) is 0 Å². The summed E-state index contributed by atoms with van der Waals surface area (Å²) in [5.74, 6) is 0.653. The molecule has 26 heavy (non-hydrogen) atoms. The number of carbonyl (C=O) groups is 1. The second kappa shape index (κ2) is 7.09. The first-order chi connectivity index (χ1) is 12.8. The molecule has 3 aromatic rings. The van der Waals surface area contributed by atoms with Crippen molar-refractivity contribution in [3.8, 4) is 6.07 Å². The van der Waals surface area contributed by atoms with Gasteiger partial charge in [-0.2, -0.15) is 5.26 Å². The van der Waals surface area contributed by atoms with E-state index in [1.54, 1.807) is 17.2 Å². The number of nitriles is 1. The van der Waals surface area contributed by atoms with Gasteiger partial charge in [0.2, 0.25) is 0 Å². The summed E-state index contributed by atoms with van der Waals surface area (Å²) in [6.07, 6.45) is 6.47. The zero-order chi connectivity index (χ0) is 17.9. The average molecular weight is 347 g/mol. The molecule has 0 radical (unpaired) electrons. The average Bonchev–Trinajstić information content (AvgIpc) is 3.31. The van der Waals surface area contributed by atoms with Crippen molar-refractivity contribution >= 4 is 16.8 Å². The molecule has 0 bridgehead atoms. The number of hydrogen-bond acceptors (Lipinski definition) is 3. The number of benzene rings is 1. The van der Waals surface area contributed by atoms with Crippen LogP contribution in [0.2, 0.25) is 0 Å². The molecule has 0 unspecified atom stereocenters. The molecule has 0 fully saturated rings. The maximum atomic E-state index is 13.1. The summed E-state index contributed by atoms with van der Waals surface area (Å²) in [6, 6.07) is 11.6. The Bertz CT molecular complexity index is 963. The number of rotatable bonds is 5. The number of furan rings is 1. The molecule has 1 aliphatic rings. The summed E-state index contributed by atoms with van der Waals surface area (Å²) < 4.78 is 5.38. The van der Waals surface area contributed by atoms with E-state index < -0.39 is 0 Å². The Morgan fingerprint density at radius 1 is 1.27 bits per heavy atom. The second-order valence-electron chi connectivity index (χ2n) is 6.76. The van der Waals surface area contributed by atoms with Gasteiger partial charge >= 0.3 is 0 Å². The van der Waals surface area contributed by atoms with Gasteiger partial charge in [0, 0.05) is 28.7 Å². The fraction of sp³-hybridized carbons (Fsp3) is 0.333. The Labute approximate surface area is 152 Å².